The summed E-state index contributed by atoms with van der Waals surface area (Å²) < 4.78 is 5.39. The number of rotatable bonds is 5. The zero-order valence-electron chi connectivity index (χ0n) is 19.0. The maximum Gasteiger partial charge on any atom is 0.408 e. The highest BCUT2D eigenvalue weighted by Crippen LogP contribution is 2.28. The molecule has 1 aliphatic rings. The Morgan fingerprint density at radius 3 is 2.44 bits per heavy atom. The summed E-state index contributed by atoms with van der Waals surface area (Å²) in [5.74, 6) is 0.314. The molecule has 1 fully saturated rings. The molecule has 0 unspecified atom stereocenters. The normalized spacial score (nSPS) is 15.5. The van der Waals surface area contributed by atoms with Crippen molar-refractivity contribution in [3.8, 4) is 6.07 Å². The van der Waals surface area contributed by atoms with Gasteiger partial charge in [-0.1, -0.05) is 42.5 Å². The first-order chi connectivity index (χ1) is 15.2. The van der Waals surface area contributed by atoms with Crippen LogP contribution in [0.4, 0.5) is 4.79 Å². The van der Waals surface area contributed by atoms with Gasteiger partial charge in [0.25, 0.3) is 0 Å². The highest BCUT2D eigenvalue weighted by Gasteiger charge is 2.31. The summed E-state index contributed by atoms with van der Waals surface area (Å²) in [6, 6.07) is 18.8. The standard InChI is InChI=1S/C26H31N3O3/c1-26(2,3)32-25(31)28-23(17-19-8-7-9-20(16-19)18-27)24(30)29-14-12-22(13-15-29)21-10-5-4-6-11-21/h4-11,16,22-23H,12-15,17H2,1-3H3,(H,28,31)/t23-/m0/s1. The predicted octanol–water partition coefficient (Wildman–Crippen LogP) is 4.40. The Labute approximate surface area is 190 Å². The van der Waals surface area contributed by atoms with E-state index in [9.17, 15) is 14.9 Å². The van der Waals surface area contributed by atoms with Crippen molar-refractivity contribution < 1.29 is 14.3 Å². The van der Waals surface area contributed by atoms with Crippen molar-refractivity contribution in [2.24, 2.45) is 0 Å². The van der Waals surface area contributed by atoms with Crippen molar-refractivity contribution in [2.75, 3.05) is 13.1 Å². The lowest BCUT2D eigenvalue weighted by Crippen LogP contribution is -2.52. The number of benzene rings is 2. The minimum Gasteiger partial charge on any atom is -0.444 e. The quantitative estimate of drug-likeness (QED) is 0.758. The molecule has 2 aromatic carbocycles. The van der Waals surface area contributed by atoms with Crippen molar-refractivity contribution >= 4 is 12.0 Å². The van der Waals surface area contributed by atoms with Crippen LogP contribution in [0.3, 0.4) is 0 Å². The third kappa shape index (κ3) is 6.58. The van der Waals surface area contributed by atoms with Crippen LogP contribution in [0, 0.1) is 11.3 Å². The minimum absolute atomic E-state index is 0.121. The van der Waals surface area contributed by atoms with E-state index in [0.29, 0.717) is 31.0 Å². The number of nitrogens with one attached hydrogen (secondary N) is 1. The van der Waals surface area contributed by atoms with Crippen LogP contribution in [0.2, 0.25) is 0 Å². The van der Waals surface area contributed by atoms with Crippen LogP contribution >= 0.6 is 0 Å². The van der Waals surface area contributed by atoms with E-state index in [4.69, 9.17) is 4.74 Å². The number of nitriles is 1. The number of hydrogen-bond donors (Lipinski definition) is 1. The Morgan fingerprint density at radius 1 is 1.12 bits per heavy atom. The number of carbonyl (C=O) groups excluding carboxylic acids is 2. The molecule has 3 rings (SSSR count). The summed E-state index contributed by atoms with van der Waals surface area (Å²) in [5, 5.41) is 12.0. The van der Waals surface area contributed by atoms with Crippen LogP contribution in [0.15, 0.2) is 54.6 Å². The number of nitrogens with zero attached hydrogens (tertiary/aromatic N) is 2. The molecule has 0 saturated carbocycles. The van der Waals surface area contributed by atoms with Crippen molar-refractivity contribution in [3.63, 3.8) is 0 Å². The lowest BCUT2D eigenvalue weighted by Gasteiger charge is -2.35. The molecule has 32 heavy (non-hydrogen) atoms. The molecule has 1 heterocycles. The van der Waals surface area contributed by atoms with Gasteiger partial charge in [0.2, 0.25) is 5.91 Å². The van der Waals surface area contributed by atoms with E-state index in [-0.39, 0.29) is 5.91 Å². The number of ether oxygens (including phenoxy) is 1. The molecule has 0 aromatic heterocycles. The molecule has 0 bridgehead atoms. The maximum atomic E-state index is 13.4. The Morgan fingerprint density at radius 2 is 1.81 bits per heavy atom. The van der Waals surface area contributed by atoms with Crippen LogP contribution in [-0.4, -0.2) is 41.6 Å². The molecular formula is C26H31N3O3. The van der Waals surface area contributed by atoms with Gasteiger partial charge in [-0.15, -0.1) is 0 Å². The average molecular weight is 434 g/mol. The van der Waals surface area contributed by atoms with Gasteiger partial charge in [0, 0.05) is 19.5 Å². The largest absolute Gasteiger partial charge is 0.444 e. The van der Waals surface area contributed by atoms with E-state index in [0.717, 1.165) is 18.4 Å². The van der Waals surface area contributed by atoms with E-state index >= 15 is 0 Å². The average Bonchev–Trinajstić information content (AvgIpc) is 2.78. The maximum absolute atomic E-state index is 13.4. The van der Waals surface area contributed by atoms with Gasteiger partial charge in [0.05, 0.1) is 11.6 Å². The molecule has 1 atom stereocenters. The molecule has 6 heteroatoms. The van der Waals surface area contributed by atoms with Crippen molar-refractivity contribution in [3.05, 3.63) is 71.3 Å². The summed E-state index contributed by atoms with van der Waals surface area (Å²) in [6.45, 7) is 6.64. The van der Waals surface area contributed by atoms with Gasteiger partial charge in [0.15, 0.2) is 0 Å². The minimum atomic E-state index is -0.757. The second kappa shape index (κ2) is 10.3. The fourth-order valence-corrected chi connectivity index (χ4v) is 4.03. The summed E-state index contributed by atoms with van der Waals surface area (Å²) in [6.07, 6.45) is 1.45. The fourth-order valence-electron chi connectivity index (χ4n) is 4.03. The van der Waals surface area contributed by atoms with E-state index in [1.54, 1.807) is 39.0 Å². The van der Waals surface area contributed by atoms with E-state index < -0.39 is 17.7 Å². The zero-order valence-corrected chi connectivity index (χ0v) is 19.0. The molecule has 0 radical (unpaired) electrons. The number of amides is 2. The number of hydrogen-bond acceptors (Lipinski definition) is 4. The molecular weight excluding hydrogens is 402 g/mol. The van der Waals surface area contributed by atoms with E-state index in [1.165, 1.54) is 5.56 Å². The lowest BCUT2D eigenvalue weighted by molar-refractivity contribution is -0.134. The Hall–Kier alpha value is -3.33. The number of likely N-dealkylation sites (tertiary alicyclic amines) is 1. The van der Waals surface area contributed by atoms with Gasteiger partial charge in [-0.05, 0) is 62.8 Å². The van der Waals surface area contributed by atoms with Crippen LogP contribution in [-0.2, 0) is 16.0 Å². The van der Waals surface area contributed by atoms with Gasteiger partial charge in [-0.3, -0.25) is 4.79 Å². The summed E-state index contributed by atoms with van der Waals surface area (Å²) >= 11 is 0. The molecule has 2 aromatic rings. The summed E-state index contributed by atoms with van der Waals surface area (Å²) in [4.78, 5) is 27.7. The number of piperidine rings is 1. The third-order valence-electron chi connectivity index (χ3n) is 5.56. The van der Waals surface area contributed by atoms with Crippen molar-refractivity contribution in [1.82, 2.24) is 10.2 Å². The van der Waals surface area contributed by atoms with Gasteiger partial charge in [0.1, 0.15) is 11.6 Å². The van der Waals surface area contributed by atoms with Gasteiger partial charge in [-0.25, -0.2) is 4.79 Å². The van der Waals surface area contributed by atoms with Crippen LogP contribution < -0.4 is 5.32 Å². The molecule has 168 valence electrons. The smallest absolute Gasteiger partial charge is 0.408 e. The SMILES string of the molecule is CC(C)(C)OC(=O)N[C@@H](Cc1cccc(C#N)c1)C(=O)N1CCC(c2ccccc2)CC1. The first-order valence-electron chi connectivity index (χ1n) is 11.1. The fraction of sp³-hybridized carbons (Fsp3) is 0.423. The highest BCUT2D eigenvalue weighted by atomic mass is 16.6. The Bertz CT molecular complexity index is 968. The monoisotopic (exact) mass is 433 g/mol. The van der Waals surface area contributed by atoms with E-state index in [2.05, 4.69) is 23.5 Å². The molecule has 1 saturated heterocycles. The Balaban J connectivity index is 1.71. The second-order valence-electron chi connectivity index (χ2n) is 9.23. The molecule has 6 nitrogen and oxygen atoms in total. The predicted molar refractivity (Wildman–Crippen MR) is 123 cm³/mol. The topological polar surface area (TPSA) is 82.4 Å². The van der Waals surface area contributed by atoms with Crippen LogP contribution in [0.5, 0.6) is 0 Å². The first kappa shape index (κ1) is 23.3. The van der Waals surface area contributed by atoms with Gasteiger partial charge in [-0.2, -0.15) is 5.26 Å². The summed E-state index contributed by atoms with van der Waals surface area (Å²) in [5.41, 5.74) is 1.98. The highest BCUT2D eigenvalue weighted by molar-refractivity contribution is 5.86. The van der Waals surface area contributed by atoms with Crippen molar-refractivity contribution in [1.29, 1.82) is 5.26 Å². The zero-order chi connectivity index (χ0) is 23.1. The second-order valence-corrected chi connectivity index (χ2v) is 9.23. The molecule has 1 aliphatic heterocycles. The van der Waals surface area contributed by atoms with Crippen molar-refractivity contribution in [2.45, 2.75) is 57.6 Å². The molecule has 1 N–H and O–H groups in total. The van der Waals surface area contributed by atoms with Gasteiger partial charge >= 0.3 is 6.09 Å². The third-order valence-corrected chi connectivity index (χ3v) is 5.56. The molecule has 0 aliphatic carbocycles. The Kier molecular flexibility index (Phi) is 7.53. The van der Waals surface area contributed by atoms with E-state index in [1.807, 2.05) is 29.2 Å². The number of alkyl carbamates (subject to hydrolysis) is 1. The first-order valence-corrected chi connectivity index (χ1v) is 11.1. The molecule has 2 amide bonds. The number of carbonyl (C=O) groups is 2. The lowest BCUT2D eigenvalue weighted by atomic mass is 9.89. The molecule has 0 spiro atoms. The van der Waals surface area contributed by atoms with Crippen LogP contribution in [0.25, 0.3) is 0 Å². The summed E-state index contributed by atoms with van der Waals surface area (Å²) in [7, 11) is 0. The van der Waals surface area contributed by atoms with Gasteiger partial charge < -0.3 is 15.0 Å². The van der Waals surface area contributed by atoms with Crippen LogP contribution in [0.1, 0.15) is 56.2 Å².